The molecule has 2 heterocycles. The van der Waals surface area contributed by atoms with Crippen molar-refractivity contribution in [1.29, 1.82) is 5.26 Å². The lowest BCUT2D eigenvalue weighted by Gasteiger charge is -2.18. The SMILES string of the molecule is C[C@H]1CCc2[nH]c3ccc(C(=O)OCC(=O)Nc4sccc4C#N)cc3c2C1. The molecular weight excluding hydrogens is 374 g/mol. The molecule has 2 N–H and O–H groups in total. The first-order chi connectivity index (χ1) is 13.5. The first-order valence-electron chi connectivity index (χ1n) is 9.13. The molecule has 0 radical (unpaired) electrons. The average Bonchev–Trinajstić information content (AvgIpc) is 3.29. The molecule has 1 amide bonds. The average molecular weight is 393 g/mol. The molecule has 142 valence electrons. The van der Waals surface area contributed by atoms with Crippen molar-refractivity contribution < 1.29 is 14.3 Å². The maximum absolute atomic E-state index is 12.4. The summed E-state index contributed by atoms with van der Waals surface area (Å²) < 4.78 is 5.16. The molecule has 0 aliphatic heterocycles. The van der Waals surface area contributed by atoms with Crippen molar-refractivity contribution >= 4 is 39.1 Å². The number of aromatic amines is 1. The van der Waals surface area contributed by atoms with E-state index in [1.807, 2.05) is 18.2 Å². The summed E-state index contributed by atoms with van der Waals surface area (Å²) >= 11 is 1.25. The molecule has 1 aliphatic rings. The largest absolute Gasteiger partial charge is 0.452 e. The Morgan fingerprint density at radius 1 is 1.39 bits per heavy atom. The van der Waals surface area contributed by atoms with Crippen LogP contribution in [0.5, 0.6) is 0 Å². The van der Waals surface area contributed by atoms with Crippen LogP contribution < -0.4 is 5.32 Å². The second kappa shape index (κ2) is 7.49. The number of amides is 1. The number of anilines is 1. The normalized spacial score (nSPS) is 15.6. The Morgan fingerprint density at radius 3 is 3.07 bits per heavy atom. The van der Waals surface area contributed by atoms with E-state index in [-0.39, 0.29) is 0 Å². The van der Waals surface area contributed by atoms with Crippen molar-refractivity contribution in [2.75, 3.05) is 11.9 Å². The minimum Gasteiger partial charge on any atom is -0.452 e. The highest BCUT2D eigenvalue weighted by atomic mass is 32.1. The van der Waals surface area contributed by atoms with Crippen molar-refractivity contribution in [3.8, 4) is 6.07 Å². The number of carbonyl (C=O) groups excluding carboxylic acids is 2. The second-order valence-electron chi connectivity index (χ2n) is 7.09. The number of thiophene rings is 1. The number of aromatic nitrogens is 1. The van der Waals surface area contributed by atoms with Crippen LogP contribution in [-0.2, 0) is 22.4 Å². The van der Waals surface area contributed by atoms with Gasteiger partial charge in [0, 0.05) is 16.6 Å². The lowest BCUT2D eigenvalue weighted by atomic mass is 9.87. The number of rotatable bonds is 4. The van der Waals surface area contributed by atoms with Gasteiger partial charge >= 0.3 is 5.97 Å². The van der Waals surface area contributed by atoms with Gasteiger partial charge in [-0.2, -0.15) is 5.26 Å². The van der Waals surface area contributed by atoms with Crippen LogP contribution in [0.15, 0.2) is 29.6 Å². The fraction of sp³-hybridized carbons (Fsp3) is 0.286. The molecule has 28 heavy (non-hydrogen) atoms. The quantitative estimate of drug-likeness (QED) is 0.655. The topological polar surface area (TPSA) is 95.0 Å². The van der Waals surface area contributed by atoms with E-state index in [1.165, 1.54) is 29.0 Å². The number of H-pyrrole nitrogens is 1. The smallest absolute Gasteiger partial charge is 0.338 e. The van der Waals surface area contributed by atoms with Gasteiger partial charge in [-0.25, -0.2) is 4.79 Å². The number of aryl methyl sites for hydroxylation is 1. The fourth-order valence-electron chi connectivity index (χ4n) is 3.59. The number of fused-ring (bicyclic) bond motifs is 3. The highest BCUT2D eigenvalue weighted by Crippen LogP contribution is 2.32. The van der Waals surface area contributed by atoms with E-state index >= 15 is 0 Å². The maximum Gasteiger partial charge on any atom is 0.338 e. The standard InChI is InChI=1S/C21H19N3O3S/c1-12-2-4-17-15(8-12)16-9-13(3-5-18(16)23-17)21(26)27-11-19(25)24-20-14(10-22)6-7-28-20/h3,5-7,9,12,23H,2,4,8,11H2,1H3,(H,24,25)/t12-/m0/s1. The van der Waals surface area contributed by atoms with E-state index < -0.39 is 18.5 Å². The van der Waals surface area contributed by atoms with Crippen LogP contribution in [0.4, 0.5) is 5.00 Å². The summed E-state index contributed by atoms with van der Waals surface area (Å²) in [6.45, 7) is 1.84. The van der Waals surface area contributed by atoms with Crippen molar-refractivity contribution in [1.82, 2.24) is 4.98 Å². The molecule has 0 fully saturated rings. The zero-order chi connectivity index (χ0) is 19.7. The van der Waals surface area contributed by atoms with Gasteiger partial charge in [-0.05, 0) is 60.4 Å². The third-order valence-electron chi connectivity index (χ3n) is 5.04. The number of carbonyl (C=O) groups is 2. The number of hydrogen-bond donors (Lipinski definition) is 2. The van der Waals surface area contributed by atoms with Gasteiger partial charge in [0.2, 0.25) is 0 Å². The third kappa shape index (κ3) is 3.51. The Kier molecular flexibility index (Phi) is 4.88. The molecule has 6 nitrogen and oxygen atoms in total. The minimum atomic E-state index is -0.539. The van der Waals surface area contributed by atoms with Crippen molar-refractivity contribution in [3.05, 3.63) is 52.0 Å². The highest BCUT2D eigenvalue weighted by Gasteiger charge is 2.21. The Bertz CT molecular complexity index is 1110. The van der Waals surface area contributed by atoms with Crippen LogP contribution >= 0.6 is 11.3 Å². The number of nitrogens with one attached hydrogen (secondary N) is 2. The van der Waals surface area contributed by atoms with Gasteiger partial charge in [-0.3, -0.25) is 4.79 Å². The molecule has 3 aromatic rings. The van der Waals surface area contributed by atoms with E-state index in [0.29, 0.717) is 22.0 Å². The monoisotopic (exact) mass is 393 g/mol. The number of esters is 1. The van der Waals surface area contributed by atoms with Crippen LogP contribution in [0, 0.1) is 17.2 Å². The van der Waals surface area contributed by atoms with Gasteiger partial charge in [0.05, 0.1) is 11.1 Å². The van der Waals surface area contributed by atoms with Crippen molar-refractivity contribution in [2.45, 2.75) is 26.2 Å². The molecule has 1 aromatic carbocycles. The Balaban J connectivity index is 1.45. The van der Waals surface area contributed by atoms with Gasteiger partial charge in [0.25, 0.3) is 5.91 Å². The van der Waals surface area contributed by atoms with Gasteiger partial charge in [-0.1, -0.05) is 6.92 Å². The number of nitriles is 1. The summed E-state index contributed by atoms with van der Waals surface area (Å²) in [7, 11) is 0. The summed E-state index contributed by atoms with van der Waals surface area (Å²) in [4.78, 5) is 27.9. The maximum atomic E-state index is 12.4. The molecule has 0 saturated heterocycles. The zero-order valence-corrected chi connectivity index (χ0v) is 16.2. The molecule has 0 unspecified atom stereocenters. The Hall–Kier alpha value is -3.11. The zero-order valence-electron chi connectivity index (χ0n) is 15.4. The lowest BCUT2D eigenvalue weighted by molar-refractivity contribution is -0.119. The molecular formula is C21H19N3O3S. The highest BCUT2D eigenvalue weighted by molar-refractivity contribution is 7.14. The molecule has 0 bridgehead atoms. The third-order valence-corrected chi connectivity index (χ3v) is 5.87. The van der Waals surface area contributed by atoms with Crippen LogP contribution in [0.3, 0.4) is 0 Å². The van der Waals surface area contributed by atoms with Crippen LogP contribution in [0.25, 0.3) is 10.9 Å². The number of benzene rings is 1. The molecule has 2 aromatic heterocycles. The summed E-state index contributed by atoms with van der Waals surface area (Å²) in [6.07, 6.45) is 3.19. The Morgan fingerprint density at radius 2 is 2.25 bits per heavy atom. The van der Waals surface area contributed by atoms with E-state index in [9.17, 15) is 9.59 Å². The summed E-state index contributed by atoms with van der Waals surface area (Å²) in [5.74, 6) is -0.384. The molecule has 1 aliphatic carbocycles. The number of ether oxygens (including phenoxy) is 1. The predicted octanol–water partition coefficient (Wildman–Crippen LogP) is 4.02. The van der Waals surface area contributed by atoms with E-state index in [0.717, 1.165) is 23.7 Å². The van der Waals surface area contributed by atoms with E-state index in [2.05, 4.69) is 17.2 Å². The Labute approximate surface area is 166 Å². The fourth-order valence-corrected chi connectivity index (χ4v) is 4.34. The second-order valence-corrected chi connectivity index (χ2v) is 8.01. The lowest BCUT2D eigenvalue weighted by Crippen LogP contribution is -2.20. The summed E-state index contributed by atoms with van der Waals surface area (Å²) in [5.41, 5.74) is 4.37. The van der Waals surface area contributed by atoms with Crippen molar-refractivity contribution in [2.24, 2.45) is 5.92 Å². The van der Waals surface area contributed by atoms with Crippen LogP contribution in [-0.4, -0.2) is 23.5 Å². The van der Waals surface area contributed by atoms with Crippen molar-refractivity contribution in [3.63, 3.8) is 0 Å². The van der Waals surface area contributed by atoms with Crippen LogP contribution in [0.1, 0.15) is 40.5 Å². The molecule has 0 spiro atoms. The first-order valence-corrected chi connectivity index (χ1v) is 10.0. The van der Waals surface area contributed by atoms with Crippen LogP contribution in [0.2, 0.25) is 0 Å². The molecule has 7 heteroatoms. The van der Waals surface area contributed by atoms with Gasteiger partial charge in [0.1, 0.15) is 11.1 Å². The number of nitrogens with zero attached hydrogens (tertiary/aromatic N) is 1. The van der Waals surface area contributed by atoms with Gasteiger partial charge < -0.3 is 15.0 Å². The first kappa shape index (κ1) is 18.3. The van der Waals surface area contributed by atoms with E-state index in [1.54, 1.807) is 17.5 Å². The predicted molar refractivity (Wildman–Crippen MR) is 107 cm³/mol. The molecule has 0 saturated carbocycles. The summed E-state index contributed by atoms with van der Waals surface area (Å²) in [5, 5.41) is 14.8. The minimum absolute atomic E-state index is 0.390. The molecule has 4 rings (SSSR count). The van der Waals surface area contributed by atoms with Gasteiger partial charge in [0.15, 0.2) is 6.61 Å². The van der Waals surface area contributed by atoms with E-state index in [4.69, 9.17) is 10.00 Å². The van der Waals surface area contributed by atoms with Gasteiger partial charge in [-0.15, -0.1) is 11.3 Å². The summed E-state index contributed by atoms with van der Waals surface area (Å²) in [6, 6.07) is 9.07. The number of hydrogen-bond acceptors (Lipinski definition) is 5. The molecule has 1 atom stereocenters.